The van der Waals surface area contributed by atoms with Gasteiger partial charge in [-0.3, -0.25) is 9.69 Å². The van der Waals surface area contributed by atoms with Crippen LogP contribution in [-0.2, 0) is 20.5 Å². The Morgan fingerprint density at radius 1 is 1.00 bits per heavy atom. The van der Waals surface area contributed by atoms with Gasteiger partial charge in [-0.2, -0.15) is 13.2 Å². The quantitative estimate of drug-likeness (QED) is 0.306. The lowest BCUT2D eigenvalue weighted by Gasteiger charge is -2.17. The Morgan fingerprint density at radius 2 is 1.64 bits per heavy atom. The van der Waals surface area contributed by atoms with E-state index in [1.54, 1.807) is 70.2 Å². The summed E-state index contributed by atoms with van der Waals surface area (Å²) in [6.45, 7) is 6.85. The number of halogens is 3. The molecule has 1 aliphatic rings. The molecule has 2 aromatic carbocycles. The summed E-state index contributed by atoms with van der Waals surface area (Å²) in [6, 6.07) is 15.9. The van der Waals surface area contributed by atoms with Crippen molar-refractivity contribution in [3.05, 3.63) is 100 Å². The number of esters is 1. The molecule has 1 aliphatic heterocycles. The van der Waals surface area contributed by atoms with Crippen molar-refractivity contribution in [1.29, 1.82) is 0 Å². The first kappa shape index (κ1) is 25.0. The highest BCUT2D eigenvalue weighted by Crippen LogP contribution is 2.38. The molecular weight excluding hydrogens is 469 g/mol. The molecule has 1 aromatic heterocycles. The first-order valence-corrected chi connectivity index (χ1v) is 11.4. The largest absolute Gasteiger partial charge is 0.462 e. The zero-order valence-electron chi connectivity index (χ0n) is 20.3. The van der Waals surface area contributed by atoms with Crippen molar-refractivity contribution in [3.8, 4) is 5.69 Å². The maximum absolute atomic E-state index is 13.7. The number of anilines is 1. The molecule has 0 fully saturated rings. The number of aromatic nitrogens is 1. The maximum atomic E-state index is 13.7. The van der Waals surface area contributed by atoms with Gasteiger partial charge in [0.05, 0.1) is 29.0 Å². The number of carbonyl (C=O) groups excluding carboxylic acids is 2. The number of benzene rings is 2. The topological polar surface area (TPSA) is 51.5 Å². The lowest BCUT2D eigenvalue weighted by Crippen LogP contribution is -2.24. The highest BCUT2D eigenvalue weighted by molar-refractivity contribution is 6.23. The fourth-order valence-electron chi connectivity index (χ4n) is 4.54. The molecule has 186 valence electrons. The van der Waals surface area contributed by atoms with Crippen LogP contribution >= 0.6 is 0 Å². The molecule has 0 saturated heterocycles. The Labute approximate surface area is 207 Å². The Kier molecular flexibility index (Phi) is 6.63. The summed E-state index contributed by atoms with van der Waals surface area (Å²) in [4.78, 5) is 27.9. The van der Waals surface area contributed by atoms with Crippen LogP contribution < -0.4 is 4.90 Å². The van der Waals surface area contributed by atoms with Crippen LogP contribution in [0.5, 0.6) is 0 Å². The van der Waals surface area contributed by atoms with E-state index in [9.17, 15) is 22.8 Å². The minimum atomic E-state index is -4.53. The zero-order valence-corrected chi connectivity index (χ0v) is 20.3. The van der Waals surface area contributed by atoms with Crippen molar-refractivity contribution in [3.63, 3.8) is 0 Å². The molecule has 8 heteroatoms. The Balaban J connectivity index is 1.88. The second kappa shape index (κ2) is 9.53. The molecule has 4 rings (SSSR count). The normalized spacial score (nSPS) is 15.2. The van der Waals surface area contributed by atoms with Crippen LogP contribution in [0.4, 0.5) is 18.9 Å². The number of hydrogen-bond donors (Lipinski definition) is 0. The summed E-state index contributed by atoms with van der Waals surface area (Å²) in [5.41, 5.74) is 2.08. The number of aryl methyl sites for hydroxylation is 1. The SMILES string of the molecule is CCOC(=O)C1=C(C)N(c2ccccc2)C(=O)/C1=C\c1cc(C)n(-c2ccccc2C(F)(F)F)c1C. The predicted molar refractivity (Wildman–Crippen MR) is 131 cm³/mol. The van der Waals surface area contributed by atoms with Crippen molar-refractivity contribution in [2.24, 2.45) is 0 Å². The third kappa shape index (κ3) is 4.34. The van der Waals surface area contributed by atoms with Gasteiger partial charge >= 0.3 is 12.1 Å². The highest BCUT2D eigenvalue weighted by atomic mass is 19.4. The summed E-state index contributed by atoms with van der Waals surface area (Å²) in [7, 11) is 0. The van der Waals surface area contributed by atoms with Gasteiger partial charge in [0.15, 0.2) is 0 Å². The van der Waals surface area contributed by atoms with Gasteiger partial charge in [-0.1, -0.05) is 30.3 Å². The van der Waals surface area contributed by atoms with E-state index in [-0.39, 0.29) is 23.4 Å². The van der Waals surface area contributed by atoms with Crippen LogP contribution in [0, 0.1) is 13.8 Å². The zero-order chi connectivity index (χ0) is 26.2. The van der Waals surface area contributed by atoms with Crippen molar-refractivity contribution < 1.29 is 27.5 Å². The summed E-state index contributed by atoms with van der Waals surface area (Å²) >= 11 is 0. The summed E-state index contributed by atoms with van der Waals surface area (Å²) in [5, 5.41) is 0. The molecule has 0 radical (unpaired) electrons. The first-order chi connectivity index (χ1) is 17.1. The van der Waals surface area contributed by atoms with E-state index in [4.69, 9.17) is 4.74 Å². The van der Waals surface area contributed by atoms with Crippen LogP contribution in [0.15, 0.2) is 77.5 Å². The van der Waals surface area contributed by atoms with Gasteiger partial charge in [0.2, 0.25) is 0 Å². The number of amides is 1. The molecule has 1 amide bonds. The third-order valence-electron chi connectivity index (χ3n) is 6.11. The minimum absolute atomic E-state index is 0.00866. The Morgan fingerprint density at radius 3 is 2.28 bits per heavy atom. The molecule has 0 bridgehead atoms. The van der Waals surface area contributed by atoms with E-state index in [2.05, 4.69) is 0 Å². The molecule has 0 N–H and O–H groups in total. The molecule has 0 aliphatic carbocycles. The van der Waals surface area contributed by atoms with Gasteiger partial charge in [-0.25, -0.2) is 4.79 Å². The molecule has 3 aromatic rings. The fraction of sp³-hybridized carbons (Fsp3) is 0.214. The number of nitrogens with zero attached hydrogens (tertiary/aromatic N) is 2. The second-order valence-corrected chi connectivity index (χ2v) is 8.39. The molecule has 0 unspecified atom stereocenters. The number of hydrogen-bond acceptors (Lipinski definition) is 3. The van der Waals surface area contributed by atoms with E-state index in [1.807, 2.05) is 6.07 Å². The van der Waals surface area contributed by atoms with Crippen molar-refractivity contribution >= 4 is 23.6 Å². The number of para-hydroxylation sites is 2. The standard InChI is InChI=1S/C28H25F3N2O3/c1-5-36-27(35)25-19(4)33(21-11-7-6-8-12-21)26(34)22(25)16-20-15-17(2)32(18(20)3)24-14-10-9-13-23(24)28(29,30)31/h6-16H,5H2,1-4H3/b22-16-. The molecular formula is C28H25F3N2O3. The number of carbonyl (C=O) groups is 2. The average molecular weight is 495 g/mol. The van der Waals surface area contributed by atoms with Crippen LogP contribution in [0.2, 0.25) is 0 Å². The monoisotopic (exact) mass is 494 g/mol. The Hall–Kier alpha value is -4.07. The van der Waals surface area contributed by atoms with Crippen LogP contribution in [-0.4, -0.2) is 23.1 Å². The van der Waals surface area contributed by atoms with Crippen molar-refractivity contribution in [2.75, 3.05) is 11.5 Å². The van der Waals surface area contributed by atoms with Crippen LogP contribution in [0.1, 0.15) is 36.4 Å². The average Bonchev–Trinajstić information content (AvgIpc) is 3.25. The van der Waals surface area contributed by atoms with E-state index >= 15 is 0 Å². The molecule has 2 heterocycles. The molecule has 0 saturated carbocycles. The minimum Gasteiger partial charge on any atom is -0.462 e. The highest BCUT2D eigenvalue weighted by Gasteiger charge is 2.38. The van der Waals surface area contributed by atoms with Gasteiger partial charge in [-0.15, -0.1) is 0 Å². The first-order valence-electron chi connectivity index (χ1n) is 11.4. The second-order valence-electron chi connectivity index (χ2n) is 8.39. The van der Waals surface area contributed by atoms with E-state index in [1.165, 1.54) is 21.6 Å². The van der Waals surface area contributed by atoms with Gasteiger partial charge in [0.1, 0.15) is 0 Å². The number of allylic oxidation sites excluding steroid dienone is 1. The Bertz CT molecular complexity index is 1400. The van der Waals surface area contributed by atoms with E-state index in [0.29, 0.717) is 28.3 Å². The maximum Gasteiger partial charge on any atom is 0.418 e. The van der Waals surface area contributed by atoms with Crippen LogP contribution in [0.25, 0.3) is 11.8 Å². The number of rotatable bonds is 5. The summed E-state index contributed by atoms with van der Waals surface area (Å²) in [6.07, 6.45) is -2.98. The predicted octanol–water partition coefficient (Wildman–Crippen LogP) is 6.38. The van der Waals surface area contributed by atoms with Crippen molar-refractivity contribution in [2.45, 2.75) is 33.9 Å². The van der Waals surface area contributed by atoms with E-state index in [0.717, 1.165) is 6.07 Å². The smallest absolute Gasteiger partial charge is 0.418 e. The van der Waals surface area contributed by atoms with E-state index < -0.39 is 23.6 Å². The lowest BCUT2D eigenvalue weighted by atomic mass is 10.0. The van der Waals surface area contributed by atoms with Crippen molar-refractivity contribution in [1.82, 2.24) is 4.57 Å². The van der Waals surface area contributed by atoms with Gasteiger partial charge in [0, 0.05) is 22.8 Å². The summed E-state index contributed by atoms with van der Waals surface area (Å²) < 4.78 is 47.9. The molecule has 5 nitrogen and oxygen atoms in total. The molecule has 36 heavy (non-hydrogen) atoms. The third-order valence-corrected chi connectivity index (χ3v) is 6.11. The molecule has 0 atom stereocenters. The lowest BCUT2D eigenvalue weighted by molar-refractivity contribution is -0.138. The van der Waals surface area contributed by atoms with Gasteiger partial charge in [-0.05, 0) is 69.7 Å². The van der Waals surface area contributed by atoms with Gasteiger partial charge < -0.3 is 9.30 Å². The fourth-order valence-corrected chi connectivity index (χ4v) is 4.54. The van der Waals surface area contributed by atoms with Crippen LogP contribution in [0.3, 0.4) is 0 Å². The van der Waals surface area contributed by atoms with Gasteiger partial charge in [0.25, 0.3) is 5.91 Å². The number of ether oxygens (including phenoxy) is 1. The number of alkyl halides is 3. The molecule has 0 spiro atoms. The summed E-state index contributed by atoms with van der Waals surface area (Å²) in [5.74, 6) is -1.05.